The van der Waals surface area contributed by atoms with Crippen molar-refractivity contribution < 1.29 is 9.90 Å². The Morgan fingerprint density at radius 2 is 2.38 bits per heavy atom. The molecule has 0 spiro atoms. The second kappa shape index (κ2) is 3.53. The van der Waals surface area contributed by atoms with Crippen LogP contribution in [0, 0.1) is 6.92 Å². The molecule has 1 aromatic rings. The molecule has 3 N–H and O–H groups in total. The van der Waals surface area contributed by atoms with Gasteiger partial charge in [0, 0.05) is 13.5 Å². The summed E-state index contributed by atoms with van der Waals surface area (Å²) in [6.45, 7) is 1.75. The normalized spacial score (nSPS) is 12.8. The Hall–Kier alpha value is -1.43. The molecule has 1 aromatic heterocycles. The molecule has 0 unspecified atom stereocenters. The van der Waals surface area contributed by atoms with Gasteiger partial charge in [0.1, 0.15) is 17.7 Å². The molecule has 1 heterocycles. The molecule has 0 amide bonds. The average molecular weight is 184 g/mol. The van der Waals surface area contributed by atoms with Crippen LogP contribution in [-0.2, 0) is 18.3 Å². The van der Waals surface area contributed by atoms with E-state index in [4.69, 9.17) is 10.8 Å². The maximum Gasteiger partial charge on any atom is 0.320 e. The van der Waals surface area contributed by atoms with Crippen LogP contribution in [0.15, 0.2) is 0 Å². The van der Waals surface area contributed by atoms with Crippen LogP contribution < -0.4 is 5.73 Å². The van der Waals surface area contributed by atoms with Gasteiger partial charge in [-0.1, -0.05) is 0 Å². The number of aryl methyl sites for hydroxylation is 2. The van der Waals surface area contributed by atoms with Gasteiger partial charge in [-0.15, -0.1) is 0 Å². The SMILES string of the molecule is Cc1nc(C[C@H](N)C(=O)O)n(C)n1. The molecule has 0 aromatic carbocycles. The van der Waals surface area contributed by atoms with Crippen molar-refractivity contribution in [1.82, 2.24) is 14.8 Å². The molecule has 0 bridgehead atoms. The van der Waals surface area contributed by atoms with Crippen LogP contribution in [-0.4, -0.2) is 31.9 Å². The van der Waals surface area contributed by atoms with Crippen molar-refractivity contribution in [3.63, 3.8) is 0 Å². The number of hydrogen-bond donors (Lipinski definition) is 2. The molecule has 0 aliphatic carbocycles. The maximum atomic E-state index is 10.4. The number of aromatic nitrogens is 3. The Morgan fingerprint density at radius 1 is 1.77 bits per heavy atom. The standard InChI is InChI=1S/C7H12N4O2/c1-4-9-6(11(2)10-4)3-5(8)7(12)13/h5H,3,8H2,1-2H3,(H,12,13)/t5-/m0/s1. The quantitative estimate of drug-likeness (QED) is 0.633. The number of aliphatic carboxylic acids is 1. The first-order chi connectivity index (χ1) is 6.00. The largest absolute Gasteiger partial charge is 0.480 e. The van der Waals surface area contributed by atoms with Gasteiger partial charge in [0.15, 0.2) is 0 Å². The summed E-state index contributed by atoms with van der Waals surface area (Å²) in [4.78, 5) is 14.5. The highest BCUT2D eigenvalue weighted by molar-refractivity contribution is 5.73. The van der Waals surface area contributed by atoms with Crippen molar-refractivity contribution in [3.8, 4) is 0 Å². The molecular weight excluding hydrogens is 172 g/mol. The summed E-state index contributed by atoms with van der Waals surface area (Å²) < 4.78 is 1.54. The molecule has 1 rings (SSSR count). The lowest BCUT2D eigenvalue weighted by atomic mass is 10.2. The van der Waals surface area contributed by atoms with Crippen molar-refractivity contribution >= 4 is 5.97 Å². The lowest BCUT2D eigenvalue weighted by Gasteiger charge is -2.04. The Balaban J connectivity index is 2.74. The van der Waals surface area contributed by atoms with Gasteiger partial charge >= 0.3 is 5.97 Å². The highest BCUT2D eigenvalue weighted by Crippen LogP contribution is 1.98. The zero-order valence-electron chi connectivity index (χ0n) is 7.56. The van der Waals surface area contributed by atoms with E-state index in [-0.39, 0.29) is 6.42 Å². The number of hydrogen-bond acceptors (Lipinski definition) is 4. The van der Waals surface area contributed by atoms with Gasteiger partial charge < -0.3 is 10.8 Å². The van der Waals surface area contributed by atoms with Crippen molar-refractivity contribution in [2.75, 3.05) is 0 Å². The van der Waals surface area contributed by atoms with Crippen molar-refractivity contribution in [2.45, 2.75) is 19.4 Å². The molecular formula is C7H12N4O2. The van der Waals surface area contributed by atoms with E-state index in [9.17, 15) is 4.79 Å². The van der Waals surface area contributed by atoms with Crippen LogP contribution in [0.3, 0.4) is 0 Å². The monoisotopic (exact) mass is 184 g/mol. The van der Waals surface area contributed by atoms with Gasteiger partial charge in [0.05, 0.1) is 0 Å². The zero-order valence-corrected chi connectivity index (χ0v) is 7.56. The van der Waals surface area contributed by atoms with Crippen LogP contribution in [0.5, 0.6) is 0 Å². The molecule has 6 nitrogen and oxygen atoms in total. The summed E-state index contributed by atoms with van der Waals surface area (Å²) in [5, 5.41) is 12.5. The van der Waals surface area contributed by atoms with Crippen molar-refractivity contribution in [3.05, 3.63) is 11.6 Å². The van der Waals surface area contributed by atoms with Crippen molar-refractivity contribution in [2.24, 2.45) is 12.8 Å². The highest BCUT2D eigenvalue weighted by atomic mass is 16.4. The minimum atomic E-state index is -1.03. The first kappa shape index (κ1) is 9.66. The van der Waals surface area contributed by atoms with E-state index in [0.29, 0.717) is 11.6 Å². The Morgan fingerprint density at radius 3 is 2.77 bits per heavy atom. The molecule has 0 aliphatic heterocycles. The summed E-state index contributed by atoms with van der Waals surface area (Å²) in [5.74, 6) is 0.183. The molecule has 1 atom stereocenters. The summed E-state index contributed by atoms with van der Waals surface area (Å²) >= 11 is 0. The van der Waals surface area contributed by atoms with Crippen LogP contribution in [0.4, 0.5) is 0 Å². The van der Waals surface area contributed by atoms with E-state index < -0.39 is 12.0 Å². The molecule has 0 saturated carbocycles. The number of rotatable bonds is 3. The van der Waals surface area contributed by atoms with Crippen molar-refractivity contribution in [1.29, 1.82) is 0 Å². The molecule has 72 valence electrons. The highest BCUT2D eigenvalue weighted by Gasteiger charge is 2.15. The molecule has 6 heteroatoms. The lowest BCUT2D eigenvalue weighted by Crippen LogP contribution is -2.33. The average Bonchev–Trinajstić information content (AvgIpc) is 2.30. The molecule has 0 aliphatic rings. The predicted octanol–water partition coefficient (Wildman–Crippen LogP) is -0.922. The predicted molar refractivity (Wildman–Crippen MR) is 45.1 cm³/mol. The second-order valence-electron chi connectivity index (χ2n) is 2.85. The fraction of sp³-hybridized carbons (Fsp3) is 0.571. The van der Waals surface area contributed by atoms with Gasteiger partial charge in [-0.3, -0.25) is 9.48 Å². The van der Waals surface area contributed by atoms with Gasteiger partial charge in [-0.25, -0.2) is 4.98 Å². The first-order valence-corrected chi connectivity index (χ1v) is 3.85. The van der Waals surface area contributed by atoms with Gasteiger partial charge in [0.25, 0.3) is 0 Å². The first-order valence-electron chi connectivity index (χ1n) is 3.85. The van der Waals surface area contributed by atoms with E-state index in [2.05, 4.69) is 10.1 Å². The van der Waals surface area contributed by atoms with E-state index in [1.165, 1.54) is 4.68 Å². The third kappa shape index (κ3) is 2.25. The minimum Gasteiger partial charge on any atom is -0.480 e. The smallest absolute Gasteiger partial charge is 0.320 e. The Labute approximate surface area is 75.4 Å². The summed E-state index contributed by atoms with van der Waals surface area (Å²) in [5.41, 5.74) is 5.35. The van der Waals surface area contributed by atoms with Crippen LogP contribution >= 0.6 is 0 Å². The van der Waals surface area contributed by atoms with E-state index in [1.54, 1.807) is 14.0 Å². The Kier molecular flexibility index (Phi) is 2.62. The molecule has 0 radical (unpaired) electrons. The summed E-state index contributed by atoms with van der Waals surface area (Å²) in [6.07, 6.45) is 0.201. The molecule has 0 fully saturated rings. The zero-order chi connectivity index (χ0) is 10.0. The summed E-state index contributed by atoms with van der Waals surface area (Å²) in [7, 11) is 1.71. The molecule has 0 saturated heterocycles. The number of nitrogens with zero attached hydrogens (tertiary/aromatic N) is 3. The third-order valence-corrected chi connectivity index (χ3v) is 1.68. The maximum absolute atomic E-state index is 10.4. The number of carboxylic acids is 1. The number of nitrogens with two attached hydrogens (primary N) is 1. The topological polar surface area (TPSA) is 94.0 Å². The number of carboxylic acid groups (broad SMARTS) is 1. The van der Waals surface area contributed by atoms with E-state index >= 15 is 0 Å². The fourth-order valence-electron chi connectivity index (χ4n) is 1.02. The lowest BCUT2D eigenvalue weighted by molar-refractivity contribution is -0.138. The van der Waals surface area contributed by atoms with Crippen LogP contribution in [0.25, 0.3) is 0 Å². The third-order valence-electron chi connectivity index (χ3n) is 1.68. The van der Waals surface area contributed by atoms with Gasteiger partial charge in [-0.05, 0) is 6.92 Å². The fourth-order valence-corrected chi connectivity index (χ4v) is 1.02. The van der Waals surface area contributed by atoms with Crippen LogP contribution in [0.2, 0.25) is 0 Å². The second-order valence-corrected chi connectivity index (χ2v) is 2.85. The van der Waals surface area contributed by atoms with Crippen LogP contribution in [0.1, 0.15) is 11.6 Å². The van der Waals surface area contributed by atoms with E-state index in [1.807, 2.05) is 0 Å². The molecule has 13 heavy (non-hydrogen) atoms. The van der Waals surface area contributed by atoms with E-state index in [0.717, 1.165) is 0 Å². The number of carbonyl (C=O) groups is 1. The summed E-state index contributed by atoms with van der Waals surface area (Å²) in [6, 6.07) is -0.915. The van der Waals surface area contributed by atoms with Gasteiger partial charge in [0.2, 0.25) is 0 Å². The minimum absolute atomic E-state index is 0.201. The Bertz CT molecular complexity index is 320. The van der Waals surface area contributed by atoms with Gasteiger partial charge in [-0.2, -0.15) is 5.10 Å².